The Bertz CT molecular complexity index is 200. The van der Waals surface area contributed by atoms with Gasteiger partial charge in [-0.05, 0) is 19.3 Å². The fraction of sp³-hybridized carbons (Fsp3) is 0.778. The molecule has 1 aliphatic heterocycles. The van der Waals surface area contributed by atoms with Crippen LogP contribution in [0.1, 0.15) is 32.6 Å². The van der Waals surface area contributed by atoms with Gasteiger partial charge in [-0.3, -0.25) is 9.59 Å². The van der Waals surface area contributed by atoms with Crippen molar-refractivity contribution in [3.8, 4) is 0 Å². The monoisotopic (exact) mass is 186 g/mol. The van der Waals surface area contributed by atoms with Gasteiger partial charge in [-0.25, -0.2) is 0 Å². The van der Waals surface area contributed by atoms with Gasteiger partial charge in [-0.1, -0.05) is 0 Å². The number of carbonyl (C=O) groups is 2. The molecule has 0 aromatic carbocycles. The molecule has 1 saturated heterocycles. The third-order valence-electron chi connectivity index (χ3n) is 1.94. The molecule has 0 N–H and O–H groups in total. The van der Waals surface area contributed by atoms with Crippen molar-refractivity contribution < 1.29 is 19.1 Å². The molecule has 4 heteroatoms. The first kappa shape index (κ1) is 10.0. The molecule has 0 aliphatic carbocycles. The lowest BCUT2D eigenvalue weighted by molar-refractivity contribution is -0.144. The minimum absolute atomic E-state index is 0.0445. The van der Waals surface area contributed by atoms with Gasteiger partial charge in [-0.2, -0.15) is 0 Å². The van der Waals surface area contributed by atoms with Crippen LogP contribution < -0.4 is 0 Å². The van der Waals surface area contributed by atoms with Crippen molar-refractivity contribution >= 4 is 11.9 Å². The van der Waals surface area contributed by atoms with Gasteiger partial charge in [0.05, 0.1) is 6.61 Å². The summed E-state index contributed by atoms with van der Waals surface area (Å²) in [5, 5.41) is 0. The highest BCUT2D eigenvalue weighted by Gasteiger charge is 2.22. The predicted octanol–water partition coefficient (Wildman–Crippen LogP) is 1.04. The topological polar surface area (TPSA) is 52.6 Å². The average molecular weight is 186 g/mol. The molecule has 0 bridgehead atoms. The molecular formula is C9H14O4. The van der Waals surface area contributed by atoms with Crippen molar-refractivity contribution in [3.05, 3.63) is 0 Å². The van der Waals surface area contributed by atoms with Gasteiger partial charge in [0, 0.05) is 13.3 Å². The summed E-state index contributed by atoms with van der Waals surface area (Å²) in [4.78, 5) is 21.1. The summed E-state index contributed by atoms with van der Waals surface area (Å²) in [5.41, 5.74) is 0. The SMILES string of the molecule is CC(=O)OCCC[C@@H]1CCC(=O)O1. The van der Waals surface area contributed by atoms with E-state index in [0.29, 0.717) is 13.0 Å². The Morgan fingerprint density at radius 2 is 2.46 bits per heavy atom. The van der Waals surface area contributed by atoms with E-state index in [1.165, 1.54) is 6.92 Å². The Kier molecular flexibility index (Phi) is 3.73. The molecule has 0 unspecified atom stereocenters. The first-order valence-electron chi connectivity index (χ1n) is 4.51. The summed E-state index contributed by atoms with van der Waals surface area (Å²) >= 11 is 0. The first-order valence-corrected chi connectivity index (χ1v) is 4.51. The highest BCUT2D eigenvalue weighted by Crippen LogP contribution is 2.17. The van der Waals surface area contributed by atoms with Crippen LogP contribution in [0.2, 0.25) is 0 Å². The second-order valence-electron chi connectivity index (χ2n) is 3.13. The number of rotatable bonds is 4. The van der Waals surface area contributed by atoms with Crippen molar-refractivity contribution in [1.82, 2.24) is 0 Å². The maximum atomic E-state index is 10.7. The minimum Gasteiger partial charge on any atom is -0.466 e. The summed E-state index contributed by atoms with van der Waals surface area (Å²) in [5.74, 6) is -0.374. The molecule has 74 valence electrons. The van der Waals surface area contributed by atoms with E-state index in [1.54, 1.807) is 0 Å². The Balaban J connectivity index is 2.00. The molecular weight excluding hydrogens is 172 g/mol. The molecule has 0 spiro atoms. The van der Waals surface area contributed by atoms with Gasteiger partial charge >= 0.3 is 11.9 Å². The van der Waals surface area contributed by atoms with Crippen LogP contribution in [0.3, 0.4) is 0 Å². The number of cyclic esters (lactones) is 1. The van der Waals surface area contributed by atoms with Crippen LogP contribution in [-0.4, -0.2) is 24.6 Å². The van der Waals surface area contributed by atoms with E-state index < -0.39 is 0 Å². The molecule has 1 fully saturated rings. The van der Waals surface area contributed by atoms with E-state index in [0.717, 1.165) is 19.3 Å². The third kappa shape index (κ3) is 3.92. The lowest BCUT2D eigenvalue weighted by atomic mass is 10.1. The highest BCUT2D eigenvalue weighted by atomic mass is 16.6. The average Bonchev–Trinajstić information content (AvgIpc) is 2.45. The Morgan fingerprint density at radius 3 is 3.00 bits per heavy atom. The first-order chi connectivity index (χ1) is 6.18. The summed E-state index contributed by atoms with van der Waals surface area (Å²) in [6, 6.07) is 0. The third-order valence-corrected chi connectivity index (χ3v) is 1.94. The molecule has 1 rings (SSSR count). The maximum Gasteiger partial charge on any atom is 0.306 e. The molecule has 1 atom stereocenters. The fourth-order valence-corrected chi connectivity index (χ4v) is 1.31. The van der Waals surface area contributed by atoms with Crippen LogP contribution in [0.5, 0.6) is 0 Å². The quantitative estimate of drug-likeness (QED) is 0.486. The molecule has 0 saturated carbocycles. The Hall–Kier alpha value is -1.06. The van der Waals surface area contributed by atoms with E-state index in [9.17, 15) is 9.59 Å². The second-order valence-corrected chi connectivity index (χ2v) is 3.13. The van der Waals surface area contributed by atoms with Gasteiger partial charge in [0.25, 0.3) is 0 Å². The van der Waals surface area contributed by atoms with E-state index in [4.69, 9.17) is 9.47 Å². The molecule has 13 heavy (non-hydrogen) atoms. The normalized spacial score (nSPS) is 21.3. The van der Waals surface area contributed by atoms with Crippen molar-refractivity contribution in [2.45, 2.75) is 38.7 Å². The summed E-state index contributed by atoms with van der Waals surface area (Å²) in [7, 11) is 0. The Labute approximate surface area is 77.2 Å². The van der Waals surface area contributed by atoms with E-state index in [-0.39, 0.29) is 18.0 Å². The number of esters is 2. The number of carbonyl (C=O) groups excluding carboxylic acids is 2. The van der Waals surface area contributed by atoms with Crippen LogP contribution >= 0.6 is 0 Å². The molecule has 0 aromatic heterocycles. The van der Waals surface area contributed by atoms with Gasteiger partial charge in [0.15, 0.2) is 0 Å². The van der Waals surface area contributed by atoms with Crippen LogP contribution in [0.4, 0.5) is 0 Å². The van der Waals surface area contributed by atoms with Crippen LogP contribution in [0.25, 0.3) is 0 Å². The largest absolute Gasteiger partial charge is 0.466 e. The smallest absolute Gasteiger partial charge is 0.306 e. The number of hydrogen-bond donors (Lipinski definition) is 0. The lowest BCUT2D eigenvalue weighted by Crippen LogP contribution is -2.09. The minimum atomic E-state index is -0.261. The van der Waals surface area contributed by atoms with Crippen LogP contribution in [0.15, 0.2) is 0 Å². The Morgan fingerprint density at radius 1 is 1.69 bits per heavy atom. The zero-order valence-corrected chi connectivity index (χ0v) is 7.75. The number of ether oxygens (including phenoxy) is 2. The van der Waals surface area contributed by atoms with E-state index >= 15 is 0 Å². The summed E-state index contributed by atoms with van der Waals surface area (Å²) < 4.78 is 9.74. The highest BCUT2D eigenvalue weighted by molar-refractivity contribution is 5.71. The van der Waals surface area contributed by atoms with Crippen LogP contribution in [0, 0.1) is 0 Å². The van der Waals surface area contributed by atoms with Crippen molar-refractivity contribution in [2.75, 3.05) is 6.61 Å². The van der Waals surface area contributed by atoms with Gasteiger partial charge < -0.3 is 9.47 Å². The molecule has 0 amide bonds. The van der Waals surface area contributed by atoms with E-state index in [1.807, 2.05) is 0 Å². The van der Waals surface area contributed by atoms with Crippen molar-refractivity contribution in [2.24, 2.45) is 0 Å². The van der Waals surface area contributed by atoms with Crippen molar-refractivity contribution in [3.63, 3.8) is 0 Å². The lowest BCUT2D eigenvalue weighted by Gasteiger charge is -2.07. The molecule has 4 nitrogen and oxygen atoms in total. The van der Waals surface area contributed by atoms with Gasteiger partial charge in [0.2, 0.25) is 0 Å². The number of hydrogen-bond acceptors (Lipinski definition) is 4. The fourth-order valence-electron chi connectivity index (χ4n) is 1.31. The standard InChI is InChI=1S/C9H14O4/c1-7(10)12-6-2-3-8-4-5-9(11)13-8/h8H,2-6H2,1H3/t8-/m1/s1. The molecule has 1 aliphatic rings. The van der Waals surface area contributed by atoms with E-state index in [2.05, 4.69) is 0 Å². The van der Waals surface area contributed by atoms with Gasteiger partial charge in [0.1, 0.15) is 6.10 Å². The predicted molar refractivity (Wildman–Crippen MR) is 45.0 cm³/mol. The zero-order chi connectivity index (χ0) is 9.68. The molecule has 0 aromatic rings. The van der Waals surface area contributed by atoms with Crippen molar-refractivity contribution in [1.29, 1.82) is 0 Å². The summed E-state index contributed by atoms with van der Waals surface area (Å²) in [6.07, 6.45) is 2.93. The zero-order valence-electron chi connectivity index (χ0n) is 7.75. The van der Waals surface area contributed by atoms with Crippen LogP contribution in [-0.2, 0) is 19.1 Å². The molecule has 0 radical (unpaired) electrons. The summed E-state index contributed by atoms with van der Waals surface area (Å²) in [6.45, 7) is 1.80. The second kappa shape index (κ2) is 4.84. The van der Waals surface area contributed by atoms with Gasteiger partial charge in [-0.15, -0.1) is 0 Å². The molecule has 1 heterocycles. The maximum absolute atomic E-state index is 10.7.